The van der Waals surface area contributed by atoms with Crippen LogP contribution in [0.5, 0.6) is 0 Å². The number of hydrogen-bond acceptors (Lipinski definition) is 6. The van der Waals surface area contributed by atoms with E-state index in [9.17, 15) is 9.59 Å². The van der Waals surface area contributed by atoms with Gasteiger partial charge in [-0.1, -0.05) is 42.9 Å². The largest absolute Gasteiger partial charge is 0.361 e. The lowest BCUT2D eigenvalue weighted by atomic mass is 10.1. The van der Waals surface area contributed by atoms with Gasteiger partial charge < -0.3 is 31.2 Å². The summed E-state index contributed by atoms with van der Waals surface area (Å²) < 4.78 is 0. The molecule has 4 rings (SSSR count). The van der Waals surface area contributed by atoms with E-state index in [1.807, 2.05) is 30.5 Å². The Morgan fingerprint density at radius 1 is 1.22 bits per heavy atom. The molecule has 1 atom stereocenters. The van der Waals surface area contributed by atoms with Crippen molar-refractivity contribution in [1.82, 2.24) is 31.2 Å². The summed E-state index contributed by atoms with van der Waals surface area (Å²) in [6.07, 6.45) is 4.74. The molecule has 9 nitrogen and oxygen atoms in total. The van der Waals surface area contributed by atoms with E-state index in [2.05, 4.69) is 43.1 Å². The number of unbranched alkanes of at least 4 members (excludes halogenated alkanes) is 1. The number of urea groups is 1. The second-order valence-electron chi connectivity index (χ2n) is 7.69. The lowest BCUT2D eigenvalue weighted by Crippen LogP contribution is -2.45. The number of benzene rings is 1. The molecule has 0 spiro atoms. The molecule has 0 saturated carbocycles. The molecular formula is C22H29N7O2S. The standard InChI is InChI=1S/C22H29N7O2S/c1-2-3-8-24-22(31)28-19(16-13-25-17-7-5-4-6-15(16)17)27-20(30)21-26-14-18(32-21)29-11-9-23-10-12-29/h4-7,13-14,19,23,25H,2-3,8-12H2,1H3,(H,27,30)(H2,24,28,31). The molecule has 2 aromatic heterocycles. The van der Waals surface area contributed by atoms with Crippen LogP contribution in [-0.2, 0) is 0 Å². The van der Waals surface area contributed by atoms with Gasteiger partial charge in [0.1, 0.15) is 11.2 Å². The SMILES string of the molecule is CCCCNC(=O)NC(NC(=O)c1ncc(N2CCNCC2)s1)c1c[nH]c2ccccc12. The molecule has 0 aliphatic carbocycles. The van der Waals surface area contributed by atoms with Gasteiger partial charge in [0.25, 0.3) is 5.91 Å². The maximum Gasteiger partial charge on any atom is 0.316 e. The number of rotatable bonds is 8. The van der Waals surface area contributed by atoms with Gasteiger partial charge >= 0.3 is 6.03 Å². The first-order chi connectivity index (χ1) is 15.7. The van der Waals surface area contributed by atoms with Gasteiger partial charge in [-0.3, -0.25) is 4.79 Å². The summed E-state index contributed by atoms with van der Waals surface area (Å²) in [4.78, 5) is 35.3. The maximum atomic E-state index is 13.0. The van der Waals surface area contributed by atoms with Crippen LogP contribution in [0, 0.1) is 0 Å². The van der Waals surface area contributed by atoms with Crippen LogP contribution in [0.3, 0.4) is 0 Å². The number of H-pyrrole nitrogens is 1. The quantitative estimate of drug-likeness (QED) is 0.265. The van der Waals surface area contributed by atoms with E-state index in [-0.39, 0.29) is 11.9 Å². The molecule has 1 aliphatic heterocycles. The molecule has 0 radical (unpaired) electrons. The molecule has 3 amide bonds. The zero-order valence-electron chi connectivity index (χ0n) is 18.1. The van der Waals surface area contributed by atoms with Crippen LogP contribution in [0.2, 0.25) is 0 Å². The van der Waals surface area contributed by atoms with Crippen LogP contribution in [-0.4, -0.2) is 54.6 Å². The Morgan fingerprint density at radius 3 is 2.84 bits per heavy atom. The predicted molar refractivity (Wildman–Crippen MR) is 127 cm³/mol. The van der Waals surface area contributed by atoms with E-state index < -0.39 is 6.17 Å². The fourth-order valence-electron chi connectivity index (χ4n) is 3.68. The molecule has 0 bridgehead atoms. The molecule has 3 heterocycles. The van der Waals surface area contributed by atoms with Gasteiger partial charge in [-0.25, -0.2) is 9.78 Å². The van der Waals surface area contributed by atoms with Crippen LogP contribution in [0.15, 0.2) is 36.7 Å². The van der Waals surface area contributed by atoms with Crippen LogP contribution < -0.4 is 26.2 Å². The number of nitrogens with one attached hydrogen (secondary N) is 5. The first-order valence-electron chi connectivity index (χ1n) is 11.0. The highest BCUT2D eigenvalue weighted by Gasteiger charge is 2.23. The highest BCUT2D eigenvalue weighted by molar-refractivity contribution is 7.17. The average Bonchev–Trinajstić information content (AvgIpc) is 3.47. The van der Waals surface area contributed by atoms with Gasteiger partial charge in [-0.2, -0.15) is 0 Å². The molecule has 170 valence electrons. The summed E-state index contributed by atoms with van der Waals surface area (Å²) in [5, 5.41) is 14.3. The van der Waals surface area contributed by atoms with E-state index in [0.717, 1.165) is 60.5 Å². The Labute approximate surface area is 191 Å². The molecule has 1 aromatic carbocycles. The highest BCUT2D eigenvalue weighted by Crippen LogP contribution is 2.26. The van der Waals surface area contributed by atoms with Gasteiger partial charge in [0.05, 0.1) is 6.20 Å². The van der Waals surface area contributed by atoms with Gasteiger partial charge in [-0.15, -0.1) is 0 Å². The first-order valence-corrected chi connectivity index (χ1v) is 11.8. The van der Waals surface area contributed by atoms with Crippen molar-refractivity contribution in [3.8, 4) is 0 Å². The normalized spacial score (nSPS) is 14.8. The average molecular weight is 456 g/mol. The Bertz CT molecular complexity index is 1060. The fourth-order valence-corrected chi connectivity index (χ4v) is 4.55. The van der Waals surface area contributed by atoms with Crippen LogP contribution in [0.25, 0.3) is 10.9 Å². The molecule has 3 aromatic rings. The van der Waals surface area contributed by atoms with Gasteiger partial charge in [0.2, 0.25) is 0 Å². The fraction of sp³-hybridized carbons (Fsp3) is 0.409. The second-order valence-corrected chi connectivity index (χ2v) is 8.70. The maximum absolute atomic E-state index is 13.0. The number of aromatic amines is 1. The molecule has 1 fully saturated rings. The lowest BCUT2D eigenvalue weighted by Gasteiger charge is -2.27. The van der Waals surface area contributed by atoms with Crippen molar-refractivity contribution in [3.63, 3.8) is 0 Å². The number of thiazole rings is 1. The molecule has 10 heteroatoms. The Kier molecular flexibility index (Phi) is 7.23. The number of carbonyl (C=O) groups excluding carboxylic acids is 2. The number of aromatic nitrogens is 2. The number of piperazine rings is 1. The molecule has 32 heavy (non-hydrogen) atoms. The van der Waals surface area contributed by atoms with Crippen molar-refractivity contribution in [3.05, 3.63) is 47.2 Å². The summed E-state index contributed by atoms with van der Waals surface area (Å²) in [6.45, 7) is 6.26. The first kappa shape index (κ1) is 22.1. The number of amides is 3. The van der Waals surface area contributed by atoms with E-state index in [1.165, 1.54) is 11.3 Å². The minimum Gasteiger partial charge on any atom is -0.361 e. The third-order valence-corrected chi connectivity index (χ3v) is 6.47. The van der Waals surface area contributed by atoms with Crippen LogP contribution in [0.1, 0.15) is 41.3 Å². The zero-order valence-corrected chi connectivity index (χ0v) is 18.9. The molecule has 1 saturated heterocycles. The molecule has 1 aliphatic rings. The Balaban J connectivity index is 1.51. The third kappa shape index (κ3) is 5.20. The van der Waals surface area contributed by atoms with Gasteiger partial charge in [0.15, 0.2) is 5.01 Å². The Hall–Kier alpha value is -3.11. The van der Waals surface area contributed by atoms with Crippen molar-refractivity contribution in [2.45, 2.75) is 25.9 Å². The van der Waals surface area contributed by atoms with Crippen molar-refractivity contribution in [2.75, 3.05) is 37.6 Å². The van der Waals surface area contributed by atoms with E-state index >= 15 is 0 Å². The smallest absolute Gasteiger partial charge is 0.316 e. The molecule has 5 N–H and O–H groups in total. The monoisotopic (exact) mass is 455 g/mol. The number of hydrogen-bond donors (Lipinski definition) is 5. The summed E-state index contributed by atoms with van der Waals surface area (Å²) in [5.74, 6) is -0.319. The van der Waals surface area contributed by atoms with E-state index in [1.54, 1.807) is 6.20 Å². The summed E-state index contributed by atoms with van der Waals surface area (Å²) in [6, 6.07) is 7.46. The van der Waals surface area contributed by atoms with Crippen LogP contribution >= 0.6 is 11.3 Å². The lowest BCUT2D eigenvalue weighted by molar-refractivity contribution is 0.0931. The minimum atomic E-state index is -0.702. The highest BCUT2D eigenvalue weighted by atomic mass is 32.1. The van der Waals surface area contributed by atoms with Crippen molar-refractivity contribution in [1.29, 1.82) is 0 Å². The summed E-state index contributed by atoms with van der Waals surface area (Å²) >= 11 is 1.36. The third-order valence-electron chi connectivity index (χ3n) is 5.42. The van der Waals surface area contributed by atoms with E-state index in [4.69, 9.17) is 0 Å². The number of nitrogens with zero attached hydrogens (tertiary/aromatic N) is 2. The predicted octanol–water partition coefficient (Wildman–Crippen LogP) is 2.56. The van der Waals surface area contributed by atoms with Crippen molar-refractivity contribution < 1.29 is 9.59 Å². The summed E-state index contributed by atoms with van der Waals surface area (Å²) in [5.41, 5.74) is 1.73. The van der Waals surface area contributed by atoms with Crippen molar-refractivity contribution >= 4 is 39.2 Å². The zero-order chi connectivity index (χ0) is 22.3. The number of anilines is 1. The minimum absolute atomic E-state index is 0.319. The van der Waals surface area contributed by atoms with Gasteiger partial charge in [0, 0.05) is 55.4 Å². The number of carbonyl (C=O) groups is 2. The number of fused-ring (bicyclic) bond motifs is 1. The van der Waals surface area contributed by atoms with E-state index in [0.29, 0.717) is 11.6 Å². The summed E-state index contributed by atoms with van der Waals surface area (Å²) in [7, 11) is 0. The molecular weight excluding hydrogens is 426 g/mol. The molecule has 1 unspecified atom stereocenters. The topological polar surface area (TPSA) is 114 Å². The number of para-hydroxylation sites is 1. The second kappa shape index (κ2) is 10.5. The van der Waals surface area contributed by atoms with Crippen molar-refractivity contribution in [2.24, 2.45) is 0 Å². The van der Waals surface area contributed by atoms with Gasteiger partial charge in [-0.05, 0) is 12.5 Å². The Morgan fingerprint density at radius 2 is 2.03 bits per heavy atom. The van der Waals surface area contributed by atoms with Crippen LogP contribution in [0.4, 0.5) is 9.80 Å².